The Labute approximate surface area is 161 Å². The van der Waals surface area contributed by atoms with Crippen LogP contribution in [0.25, 0.3) is 0 Å². The monoisotopic (exact) mass is 370 g/mol. The maximum absolute atomic E-state index is 5.30. The number of nitrogens with one attached hydrogen (secondary N) is 2. The summed E-state index contributed by atoms with van der Waals surface area (Å²) < 4.78 is 7.35. The standard InChI is InChI=1S/C20H30N6O/c1-21-20(23-10-14-25-13-9-22-16-25)24-15-19(26-11-3-4-12-26)17-5-7-18(27-2)8-6-17/h5-9,13,16,19H,3-4,10-12,14-15H2,1-2H3,(H2,21,23,24). The summed E-state index contributed by atoms with van der Waals surface area (Å²) in [4.78, 5) is 11.0. The molecule has 1 atom stereocenters. The molecule has 1 aromatic heterocycles. The van der Waals surface area contributed by atoms with Crippen LogP contribution in [-0.4, -0.2) is 60.7 Å². The molecule has 27 heavy (non-hydrogen) atoms. The van der Waals surface area contributed by atoms with Crippen LogP contribution in [0.15, 0.2) is 48.0 Å². The molecule has 2 heterocycles. The van der Waals surface area contributed by atoms with E-state index in [1.54, 1.807) is 13.3 Å². The normalized spacial score (nSPS) is 16.3. The lowest BCUT2D eigenvalue weighted by Crippen LogP contribution is -2.43. The van der Waals surface area contributed by atoms with E-state index in [4.69, 9.17) is 4.74 Å². The van der Waals surface area contributed by atoms with Crippen LogP contribution in [0, 0.1) is 0 Å². The Morgan fingerprint density at radius 1 is 1.22 bits per heavy atom. The molecule has 0 aliphatic carbocycles. The van der Waals surface area contributed by atoms with Crippen LogP contribution in [0.1, 0.15) is 24.4 Å². The summed E-state index contributed by atoms with van der Waals surface area (Å²) in [7, 11) is 3.51. The summed E-state index contributed by atoms with van der Waals surface area (Å²) in [6, 6.07) is 8.73. The van der Waals surface area contributed by atoms with E-state index < -0.39 is 0 Å². The molecule has 2 N–H and O–H groups in total. The van der Waals surface area contributed by atoms with Crippen LogP contribution in [0.4, 0.5) is 0 Å². The Kier molecular flexibility index (Phi) is 7.10. The quantitative estimate of drug-likeness (QED) is 0.549. The molecular weight excluding hydrogens is 340 g/mol. The highest BCUT2D eigenvalue weighted by molar-refractivity contribution is 5.79. The minimum absolute atomic E-state index is 0.325. The van der Waals surface area contributed by atoms with Crippen molar-refractivity contribution in [3.05, 3.63) is 48.5 Å². The van der Waals surface area contributed by atoms with Crippen LogP contribution >= 0.6 is 0 Å². The van der Waals surface area contributed by atoms with Gasteiger partial charge in [-0.15, -0.1) is 0 Å². The molecule has 0 radical (unpaired) electrons. The summed E-state index contributed by atoms with van der Waals surface area (Å²) in [6.45, 7) is 4.76. The van der Waals surface area contributed by atoms with Crippen LogP contribution in [0.3, 0.4) is 0 Å². The van der Waals surface area contributed by atoms with Crippen molar-refractivity contribution in [3.8, 4) is 5.75 Å². The summed E-state index contributed by atoms with van der Waals surface area (Å²) in [6.07, 6.45) is 8.12. The third-order valence-electron chi connectivity index (χ3n) is 4.99. The van der Waals surface area contributed by atoms with Crippen molar-refractivity contribution in [1.29, 1.82) is 0 Å². The molecule has 1 aliphatic rings. The van der Waals surface area contributed by atoms with Gasteiger partial charge in [-0.2, -0.15) is 0 Å². The van der Waals surface area contributed by atoms with Crippen molar-refractivity contribution in [1.82, 2.24) is 25.1 Å². The van der Waals surface area contributed by atoms with Gasteiger partial charge in [0.1, 0.15) is 5.75 Å². The van der Waals surface area contributed by atoms with Crippen molar-refractivity contribution < 1.29 is 4.74 Å². The molecule has 1 aliphatic heterocycles. The number of ether oxygens (including phenoxy) is 1. The highest BCUT2D eigenvalue weighted by Crippen LogP contribution is 2.26. The molecule has 0 saturated carbocycles. The predicted octanol–water partition coefficient (Wildman–Crippen LogP) is 1.89. The molecule has 1 fully saturated rings. The summed E-state index contributed by atoms with van der Waals surface area (Å²) in [5, 5.41) is 6.87. The Morgan fingerprint density at radius 3 is 2.63 bits per heavy atom. The lowest BCUT2D eigenvalue weighted by Gasteiger charge is -2.29. The first kappa shape index (κ1) is 19.2. The average molecular weight is 371 g/mol. The van der Waals surface area contributed by atoms with Gasteiger partial charge in [-0.3, -0.25) is 9.89 Å². The van der Waals surface area contributed by atoms with Gasteiger partial charge in [0.2, 0.25) is 0 Å². The van der Waals surface area contributed by atoms with Crippen LogP contribution in [0.5, 0.6) is 5.75 Å². The van der Waals surface area contributed by atoms with E-state index in [0.717, 1.165) is 44.4 Å². The second-order valence-corrected chi connectivity index (χ2v) is 6.71. The number of methoxy groups -OCH3 is 1. The smallest absolute Gasteiger partial charge is 0.191 e. The fourth-order valence-electron chi connectivity index (χ4n) is 3.47. The van der Waals surface area contributed by atoms with E-state index >= 15 is 0 Å². The van der Waals surface area contributed by atoms with Gasteiger partial charge in [0.05, 0.1) is 19.5 Å². The van der Waals surface area contributed by atoms with Crippen molar-refractivity contribution in [2.75, 3.05) is 40.3 Å². The number of hydrogen-bond acceptors (Lipinski definition) is 4. The Morgan fingerprint density at radius 2 is 2.00 bits per heavy atom. The van der Waals surface area contributed by atoms with E-state index in [-0.39, 0.29) is 0 Å². The Bertz CT molecular complexity index is 692. The fraction of sp³-hybridized carbons (Fsp3) is 0.500. The average Bonchev–Trinajstić information content (AvgIpc) is 3.41. The number of benzene rings is 1. The maximum Gasteiger partial charge on any atom is 0.191 e. The van der Waals surface area contributed by atoms with E-state index in [9.17, 15) is 0 Å². The topological polar surface area (TPSA) is 66.7 Å². The lowest BCUT2D eigenvalue weighted by atomic mass is 10.1. The number of imidazole rings is 1. The number of guanidine groups is 1. The zero-order valence-corrected chi connectivity index (χ0v) is 16.3. The van der Waals surface area contributed by atoms with Gasteiger partial charge in [-0.25, -0.2) is 4.98 Å². The van der Waals surface area contributed by atoms with Crippen molar-refractivity contribution in [3.63, 3.8) is 0 Å². The number of likely N-dealkylation sites (tertiary alicyclic amines) is 1. The molecule has 0 amide bonds. The van der Waals surface area contributed by atoms with E-state index in [0.29, 0.717) is 6.04 Å². The van der Waals surface area contributed by atoms with Crippen LogP contribution < -0.4 is 15.4 Å². The van der Waals surface area contributed by atoms with Crippen LogP contribution in [0.2, 0.25) is 0 Å². The Hall–Kier alpha value is -2.54. The molecule has 146 valence electrons. The van der Waals surface area contributed by atoms with Gasteiger partial charge < -0.3 is 19.9 Å². The van der Waals surface area contributed by atoms with E-state index in [2.05, 4.69) is 37.6 Å². The zero-order chi connectivity index (χ0) is 18.9. The summed E-state index contributed by atoms with van der Waals surface area (Å²) >= 11 is 0. The van der Waals surface area contributed by atoms with Crippen LogP contribution in [-0.2, 0) is 6.54 Å². The van der Waals surface area contributed by atoms with Gasteiger partial charge in [-0.05, 0) is 43.6 Å². The zero-order valence-electron chi connectivity index (χ0n) is 16.3. The number of nitrogens with zero attached hydrogens (tertiary/aromatic N) is 4. The minimum Gasteiger partial charge on any atom is -0.497 e. The molecule has 1 aromatic carbocycles. The van der Waals surface area contributed by atoms with E-state index in [1.807, 2.05) is 36.3 Å². The maximum atomic E-state index is 5.30. The third-order valence-corrected chi connectivity index (χ3v) is 4.99. The molecule has 7 nitrogen and oxygen atoms in total. The van der Waals surface area contributed by atoms with Gasteiger partial charge in [0.15, 0.2) is 5.96 Å². The highest BCUT2D eigenvalue weighted by atomic mass is 16.5. The second kappa shape index (κ2) is 9.97. The first-order valence-corrected chi connectivity index (χ1v) is 9.58. The SMILES string of the molecule is CN=C(NCCn1ccnc1)NCC(c1ccc(OC)cc1)N1CCCC1. The molecule has 2 aromatic rings. The number of aromatic nitrogens is 2. The second-order valence-electron chi connectivity index (χ2n) is 6.71. The molecular formula is C20H30N6O. The largest absolute Gasteiger partial charge is 0.497 e. The van der Waals surface area contributed by atoms with Gasteiger partial charge >= 0.3 is 0 Å². The number of hydrogen-bond donors (Lipinski definition) is 2. The number of rotatable bonds is 8. The highest BCUT2D eigenvalue weighted by Gasteiger charge is 2.23. The molecule has 7 heteroatoms. The van der Waals surface area contributed by atoms with Gasteiger partial charge in [0, 0.05) is 39.1 Å². The van der Waals surface area contributed by atoms with Crippen molar-refractivity contribution in [2.45, 2.75) is 25.4 Å². The lowest BCUT2D eigenvalue weighted by molar-refractivity contribution is 0.245. The molecule has 3 rings (SSSR count). The predicted molar refractivity (Wildman–Crippen MR) is 108 cm³/mol. The molecule has 1 unspecified atom stereocenters. The van der Waals surface area contributed by atoms with Gasteiger partial charge in [0.25, 0.3) is 0 Å². The van der Waals surface area contributed by atoms with Gasteiger partial charge in [-0.1, -0.05) is 12.1 Å². The summed E-state index contributed by atoms with van der Waals surface area (Å²) in [5.41, 5.74) is 1.30. The van der Waals surface area contributed by atoms with E-state index in [1.165, 1.54) is 18.4 Å². The van der Waals surface area contributed by atoms with Crippen molar-refractivity contribution in [2.24, 2.45) is 4.99 Å². The molecule has 1 saturated heterocycles. The fourth-order valence-corrected chi connectivity index (χ4v) is 3.47. The minimum atomic E-state index is 0.325. The molecule has 0 spiro atoms. The van der Waals surface area contributed by atoms with Crippen molar-refractivity contribution >= 4 is 5.96 Å². The Balaban J connectivity index is 1.57. The molecule has 0 bridgehead atoms. The first-order valence-electron chi connectivity index (χ1n) is 9.58. The first-order chi connectivity index (χ1) is 13.3. The number of aliphatic imine (C=N–C) groups is 1. The summed E-state index contributed by atoms with van der Waals surface area (Å²) in [5.74, 6) is 1.72. The third kappa shape index (κ3) is 5.47.